The Hall–Kier alpha value is -2.04. The molecule has 2 rings (SSSR count). The van der Waals surface area contributed by atoms with Gasteiger partial charge in [0.15, 0.2) is 6.61 Å². The fourth-order valence-electron chi connectivity index (χ4n) is 2.71. The van der Waals surface area contributed by atoms with Crippen molar-refractivity contribution in [1.29, 1.82) is 0 Å². The van der Waals surface area contributed by atoms with Crippen LogP contribution in [-0.2, 0) is 20.7 Å². The number of hydrogen-bond donors (Lipinski definition) is 0. The number of carbonyl (C=O) groups excluding carboxylic acids is 2. The molecule has 0 aromatic heterocycles. The summed E-state index contributed by atoms with van der Waals surface area (Å²) < 4.78 is 10.7. The van der Waals surface area contributed by atoms with Gasteiger partial charge in [-0.2, -0.15) is 0 Å². The SMILES string of the molecule is CC1CCN(C(=O)COC(=O)Cc2cccc(OC(C)C)c2)CC1. The average Bonchev–Trinajstić information content (AvgIpc) is 2.53. The maximum Gasteiger partial charge on any atom is 0.310 e. The van der Waals surface area contributed by atoms with Crippen molar-refractivity contribution in [2.45, 2.75) is 46.1 Å². The highest BCUT2D eigenvalue weighted by atomic mass is 16.5. The molecule has 1 heterocycles. The van der Waals surface area contributed by atoms with E-state index in [2.05, 4.69) is 6.92 Å². The molecule has 0 radical (unpaired) electrons. The van der Waals surface area contributed by atoms with E-state index in [4.69, 9.17) is 9.47 Å². The van der Waals surface area contributed by atoms with E-state index in [0.717, 1.165) is 37.2 Å². The van der Waals surface area contributed by atoms with E-state index in [1.54, 1.807) is 4.90 Å². The van der Waals surface area contributed by atoms with Crippen molar-refractivity contribution < 1.29 is 19.1 Å². The van der Waals surface area contributed by atoms with Crippen molar-refractivity contribution in [2.75, 3.05) is 19.7 Å². The lowest BCUT2D eigenvalue weighted by Gasteiger charge is -2.30. The summed E-state index contributed by atoms with van der Waals surface area (Å²) in [5.74, 6) is 0.897. The number of benzene rings is 1. The molecule has 1 fully saturated rings. The third kappa shape index (κ3) is 5.87. The smallest absolute Gasteiger partial charge is 0.310 e. The van der Waals surface area contributed by atoms with Gasteiger partial charge in [-0.15, -0.1) is 0 Å². The number of carbonyl (C=O) groups is 2. The Balaban J connectivity index is 1.78. The normalized spacial score (nSPS) is 15.4. The average molecular weight is 333 g/mol. The minimum Gasteiger partial charge on any atom is -0.491 e. The van der Waals surface area contributed by atoms with Crippen LogP contribution in [0.3, 0.4) is 0 Å². The predicted molar refractivity (Wildman–Crippen MR) is 91.8 cm³/mol. The lowest BCUT2D eigenvalue weighted by atomic mass is 9.99. The zero-order valence-corrected chi connectivity index (χ0v) is 14.8. The van der Waals surface area contributed by atoms with Crippen molar-refractivity contribution in [1.82, 2.24) is 4.90 Å². The lowest BCUT2D eigenvalue weighted by Crippen LogP contribution is -2.40. The molecular formula is C19H27NO4. The summed E-state index contributed by atoms with van der Waals surface area (Å²) in [6.45, 7) is 7.44. The maximum absolute atomic E-state index is 12.1. The lowest BCUT2D eigenvalue weighted by molar-refractivity contribution is -0.152. The van der Waals surface area contributed by atoms with Crippen molar-refractivity contribution in [3.05, 3.63) is 29.8 Å². The second kappa shape index (κ2) is 8.71. The molecule has 0 N–H and O–H groups in total. The molecular weight excluding hydrogens is 306 g/mol. The van der Waals surface area contributed by atoms with Crippen LogP contribution in [0, 0.1) is 5.92 Å². The number of rotatable bonds is 6. The molecule has 1 saturated heterocycles. The Morgan fingerprint density at radius 1 is 1.25 bits per heavy atom. The van der Waals surface area contributed by atoms with Crippen LogP contribution in [0.5, 0.6) is 5.75 Å². The highest BCUT2D eigenvalue weighted by Crippen LogP contribution is 2.17. The van der Waals surface area contributed by atoms with Crippen LogP contribution in [0.4, 0.5) is 0 Å². The van der Waals surface area contributed by atoms with Crippen LogP contribution in [-0.4, -0.2) is 42.6 Å². The van der Waals surface area contributed by atoms with Gasteiger partial charge in [0, 0.05) is 13.1 Å². The van der Waals surface area contributed by atoms with Crippen molar-refractivity contribution in [2.24, 2.45) is 5.92 Å². The van der Waals surface area contributed by atoms with Crippen molar-refractivity contribution in [3.8, 4) is 5.75 Å². The molecule has 1 aromatic carbocycles. The number of nitrogens with zero attached hydrogens (tertiary/aromatic N) is 1. The minimum atomic E-state index is -0.393. The highest BCUT2D eigenvalue weighted by Gasteiger charge is 2.21. The van der Waals surface area contributed by atoms with E-state index in [1.165, 1.54) is 0 Å². The highest BCUT2D eigenvalue weighted by molar-refractivity contribution is 5.81. The van der Waals surface area contributed by atoms with Gasteiger partial charge in [-0.3, -0.25) is 9.59 Å². The molecule has 0 atom stereocenters. The molecule has 1 aromatic rings. The molecule has 1 amide bonds. The Kier molecular flexibility index (Phi) is 6.64. The second-order valence-electron chi connectivity index (χ2n) is 6.71. The molecule has 0 bridgehead atoms. The summed E-state index contributed by atoms with van der Waals surface area (Å²) in [6.07, 6.45) is 2.25. The van der Waals surface area contributed by atoms with E-state index in [1.807, 2.05) is 38.1 Å². The molecule has 5 heteroatoms. The maximum atomic E-state index is 12.1. The first-order valence-electron chi connectivity index (χ1n) is 8.63. The van der Waals surface area contributed by atoms with Crippen LogP contribution in [0.25, 0.3) is 0 Å². The standard InChI is InChI=1S/C19H27NO4/c1-14(2)24-17-6-4-5-16(11-17)12-19(22)23-13-18(21)20-9-7-15(3)8-10-20/h4-6,11,14-15H,7-10,12-13H2,1-3H3. The summed E-state index contributed by atoms with van der Waals surface area (Å²) in [7, 11) is 0. The van der Waals surface area contributed by atoms with Gasteiger partial charge in [-0.25, -0.2) is 0 Å². The number of esters is 1. The summed E-state index contributed by atoms with van der Waals surface area (Å²) in [5.41, 5.74) is 0.817. The van der Waals surface area contributed by atoms with E-state index in [0.29, 0.717) is 5.92 Å². The monoisotopic (exact) mass is 333 g/mol. The fourth-order valence-corrected chi connectivity index (χ4v) is 2.71. The van der Waals surface area contributed by atoms with Crippen LogP contribution in [0.2, 0.25) is 0 Å². The number of likely N-dealkylation sites (tertiary alicyclic amines) is 1. The molecule has 0 aliphatic carbocycles. The summed E-state index contributed by atoms with van der Waals surface area (Å²) in [4.78, 5) is 25.8. The molecule has 5 nitrogen and oxygen atoms in total. The first-order valence-corrected chi connectivity index (χ1v) is 8.63. The Bertz CT molecular complexity index is 562. The number of piperidine rings is 1. The molecule has 24 heavy (non-hydrogen) atoms. The van der Waals surface area contributed by atoms with Crippen molar-refractivity contribution in [3.63, 3.8) is 0 Å². The quantitative estimate of drug-likeness (QED) is 0.751. The van der Waals surface area contributed by atoms with Crippen LogP contribution < -0.4 is 4.74 Å². The van der Waals surface area contributed by atoms with Crippen LogP contribution in [0.15, 0.2) is 24.3 Å². The third-order valence-corrected chi connectivity index (χ3v) is 4.11. The van der Waals surface area contributed by atoms with E-state index < -0.39 is 5.97 Å². The topological polar surface area (TPSA) is 55.8 Å². The fraction of sp³-hybridized carbons (Fsp3) is 0.579. The third-order valence-electron chi connectivity index (χ3n) is 4.11. The van der Waals surface area contributed by atoms with E-state index >= 15 is 0 Å². The minimum absolute atomic E-state index is 0.0806. The molecule has 132 valence electrons. The van der Waals surface area contributed by atoms with Crippen LogP contribution >= 0.6 is 0 Å². The second-order valence-corrected chi connectivity index (χ2v) is 6.71. The van der Waals surface area contributed by atoms with Gasteiger partial charge in [-0.05, 0) is 50.3 Å². The van der Waals surface area contributed by atoms with Gasteiger partial charge in [0.25, 0.3) is 5.91 Å². The van der Waals surface area contributed by atoms with Gasteiger partial charge in [0.1, 0.15) is 5.75 Å². The molecule has 0 spiro atoms. The first kappa shape index (κ1) is 18.3. The summed E-state index contributed by atoms with van der Waals surface area (Å²) >= 11 is 0. The summed E-state index contributed by atoms with van der Waals surface area (Å²) in [5, 5.41) is 0. The molecule has 0 unspecified atom stereocenters. The number of hydrogen-bond acceptors (Lipinski definition) is 4. The van der Waals surface area contributed by atoms with Crippen molar-refractivity contribution >= 4 is 11.9 Å². The largest absolute Gasteiger partial charge is 0.491 e. The molecule has 1 aliphatic rings. The Morgan fingerprint density at radius 2 is 1.96 bits per heavy atom. The van der Waals surface area contributed by atoms with Crippen LogP contribution in [0.1, 0.15) is 39.2 Å². The van der Waals surface area contributed by atoms with Gasteiger partial charge in [-0.1, -0.05) is 19.1 Å². The zero-order chi connectivity index (χ0) is 17.5. The number of ether oxygens (including phenoxy) is 2. The van der Waals surface area contributed by atoms with Gasteiger partial charge >= 0.3 is 5.97 Å². The Labute approximate surface area is 143 Å². The Morgan fingerprint density at radius 3 is 2.62 bits per heavy atom. The molecule has 1 aliphatic heterocycles. The number of amides is 1. The first-order chi connectivity index (χ1) is 11.4. The molecule has 0 saturated carbocycles. The van der Waals surface area contributed by atoms with Gasteiger partial charge < -0.3 is 14.4 Å². The predicted octanol–water partition coefficient (Wildman–Crippen LogP) is 2.82. The zero-order valence-electron chi connectivity index (χ0n) is 14.8. The van der Waals surface area contributed by atoms with E-state index in [9.17, 15) is 9.59 Å². The van der Waals surface area contributed by atoms with E-state index in [-0.39, 0.29) is 25.0 Å². The van der Waals surface area contributed by atoms with Gasteiger partial charge in [0.05, 0.1) is 12.5 Å². The van der Waals surface area contributed by atoms with Gasteiger partial charge in [0.2, 0.25) is 0 Å². The summed E-state index contributed by atoms with van der Waals surface area (Å²) in [6, 6.07) is 7.38.